The maximum Gasteiger partial charge on any atom is 0.349 e. The molecule has 1 aromatic carbocycles. The second kappa shape index (κ2) is 7.53. The van der Waals surface area contributed by atoms with Crippen LogP contribution in [-0.4, -0.2) is 44.1 Å². The Kier molecular flexibility index (Phi) is 6.02. The lowest BCUT2D eigenvalue weighted by molar-refractivity contribution is -0.138. The number of benzene rings is 1. The molecule has 0 spiro atoms. The molecule has 0 heterocycles. The van der Waals surface area contributed by atoms with Crippen LogP contribution >= 0.6 is 0 Å². The molecule has 104 valence electrons. The number of ether oxygens (including phenoxy) is 2. The summed E-state index contributed by atoms with van der Waals surface area (Å²) in [7, 11) is 3.69. The topological polar surface area (TPSA) is 55.8 Å². The smallest absolute Gasteiger partial charge is 0.349 e. The van der Waals surface area contributed by atoms with Gasteiger partial charge in [0.25, 0.3) is 0 Å². The van der Waals surface area contributed by atoms with Crippen LogP contribution < -0.4 is 4.74 Å². The van der Waals surface area contributed by atoms with Crippen molar-refractivity contribution in [1.29, 1.82) is 0 Å². The third-order valence-electron chi connectivity index (χ3n) is 2.38. The molecule has 0 N–H and O–H groups in total. The Hall–Kier alpha value is -1.88. The fourth-order valence-corrected chi connectivity index (χ4v) is 1.44. The molecule has 0 saturated carbocycles. The molecule has 5 nitrogen and oxygen atoms in total. The van der Waals surface area contributed by atoms with Gasteiger partial charge in [-0.05, 0) is 33.2 Å². The summed E-state index contributed by atoms with van der Waals surface area (Å²) in [4.78, 5) is 25.2. The molecule has 0 fully saturated rings. The van der Waals surface area contributed by atoms with Gasteiger partial charge in [-0.25, -0.2) is 4.79 Å². The van der Waals surface area contributed by atoms with Gasteiger partial charge in [-0.3, -0.25) is 4.79 Å². The highest BCUT2D eigenvalue weighted by Gasteiger charge is 2.17. The molecule has 19 heavy (non-hydrogen) atoms. The van der Waals surface area contributed by atoms with Gasteiger partial charge in [0.05, 0.1) is 13.0 Å². The van der Waals surface area contributed by atoms with Crippen LogP contribution in [0.15, 0.2) is 24.3 Å². The van der Waals surface area contributed by atoms with E-state index >= 15 is 0 Å². The van der Waals surface area contributed by atoms with E-state index in [2.05, 4.69) is 0 Å². The lowest BCUT2D eigenvalue weighted by atomic mass is 10.2. The fraction of sp³-hybridized carbons (Fsp3) is 0.429. The van der Waals surface area contributed by atoms with Crippen molar-refractivity contribution in [2.24, 2.45) is 0 Å². The molecular formula is C14H19NO4. The van der Waals surface area contributed by atoms with Crippen LogP contribution in [0.2, 0.25) is 0 Å². The van der Waals surface area contributed by atoms with Gasteiger partial charge in [0.15, 0.2) is 0 Å². The maximum atomic E-state index is 11.9. The van der Waals surface area contributed by atoms with E-state index in [-0.39, 0.29) is 12.0 Å². The molecule has 0 amide bonds. The molecule has 0 aliphatic rings. The van der Waals surface area contributed by atoms with Gasteiger partial charge in [0, 0.05) is 6.54 Å². The number of carbonyl (C=O) groups is 2. The predicted molar refractivity (Wildman–Crippen MR) is 71.2 cm³/mol. The van der Waals surface area contributed by atoms with E-state index in [0.717, 1.165) is 0 Å². The first kappa shape index (κ1) is 15.2. The van der Waals surface area contributed by atoms with Crippen molar-refractivity contribution in [2.75, 3.05) is 27.2 Å². The summed E-state index contributed by atoms with van der Waals surface area (Å²) in [5.41, 5.74) is 0.266. The number of nitrogens with zero attached hydrogens (tertiary/aromatic N) is 1. The zero-order valence-electron chi connectivity index (χ0n) is 11.5. The first-order valence-electron chi connectivity index (χ1n) is 6.16. The van der Waals surface area contributed by atoms with Crippen molar-refractivity contribution < 1.29 is 19.1 Å². The molecule has 5 heteroatoms. The Morgan fingerprint density at radius 2 is 1.89 bits per heavy atom. The molecule has 0 aromatic heterocycles. The highest BCUT2D eigenvalue weighted by atomic mass is 16.6. The van der Waals surface area contributed by atoms with Crippen LogP contribution in [-0.2, 0) is 9.53 Å². The predicted octanol–water partition coefficient (Wildman–Crippen LogP) is 1.72. The average Bonchev–Trinajstić information content (AvgIpc) is 2.37. The highest BCUT2D eigenvalue weighted by Crippen LogP contribution is 2.19. The minimum atomic E-state index is -0.673. The van der Waals surface area contributed by atoms with Crippen molar-refractivity contribution in [3.63, 3.8) is 0 Å². The summed E-state index contributed by atoms with van der Waals surface area (Å²) in [5.74, 6) is -0.784. The van der Waals surface area contributed by atoms with Crippen molar-refractivity contribution >= 4 is 11.9 Å². The van der Waals surface area contributed by atoms with E-state index in [0.29, 0.717) is 18.9 Å². The van der Waals surface area contributed by atoms with Crippen LogP contribution in [0.4, 0.5) is 0 Å². The molecule has 0 aliphatic carbocycles. The second-order valence-electron chi connectivity index (χ2n) is 4.24. The average molecular weight is 265 g/mol. The minimum absolute atomic E-state index is 0.176. The van der Waals surface area contributed by atoms with E-state index in [9.17, 15) is 9.59 Å². The van der Waals surface area contributed by atoms with Gasteiger partial charge in [-0.15, -0.1) is 0 Å². The Labute approximate surface area is 113 Å². The van der Waals surface area contributed by atoms with Crippen LogP contribution in [0.1, 0.15) is 23.7 Å². The molecule has 0 atom stereocenters. The Balaban J connectivity index is 2.65. The van der Waals surface area contributed by atoms with Gasteiger partial charge >= 0.3 is 11.9 Å². The van der Waals surface area contributed by atoms with Crippen LogP contribution in [0.5, 0.6) is 5.75 Å². The number of esters is 2. The third kappa shape index (κ3) is 5.09. The van der Waals surface area contributed by atoms with Gasteiger partial charge in [0.2, 0.25) is 0 Å². The van der Waals surface area contributed by atoms with E-state index in [1.54, 1.807) is 24.3 Å². The zero-order valence-corrected chi connectivity index (χ0v) is 11.5. The Morgan fingerprint density at radius 1 is 1.21 bits per heavy atom. The van der Waals surface area contributed by atoms with Crippen molar-refractivity contribution in [3.8, 4) is 5.75 Å². The summed E-state index contributed by atoms with van der Waals surface area (Å²) in [6.45, 7) is 2.81. The summed E-state index contributed by atoms with van der Waals surface area (Å²) in [5, 5.41) is 0. The van der Waals surface area contributed by atoms with E-state index in [1.807, 2.05) is 25.9 Å². The standard InChI is InChI=1S/C14H19NO4/c1-4-18-12-8-6-5-7-11(12)14(17)19-13(16)9-10-15(2)3/h5-8H,4,9-10H2,1-3H3. The Bertz CT molecular complexity index is 443. The molecule has 1 aromatic rings. The number of carbonyl (C=O) groups excluding carboxylic acids is 2. The highest BCUT2D eigenvalue weighted by molar-refractivity contribution is 5.98. The lowest BCUT2D eigenvalue weighted by Gasteiger charge is -2.10. The van der Waals surface area contributed by atoms with Crippen LogP contribution in [0, 0.1) is 0 Å². The van der Waals surface area contributed by atoms with Gasteiger partial charge in [-0.2, -0.15) is 0 Å². The normalized spacial score (nSPS) is 10.3. The molecule has 0 aliphatic heterocycles. The molecular weight excluding hydrogens is 246 g/mol. The summed E-state index contributed by atoms with van der Waals surface area (Å²) in [6, 6.07) is 6.70. The van der Waals surface area contributed by atoms with Gasteiger partial charge in [-0.1, -0.05) is 12.1 Å². The quantitative estimate of drug-likeness (QED) is 0.579. The first-order valence-corrected chi connectivity index (χ1v) is 6.16. The Morgan fingerprint density at radius 3 is 2.53 bits per heavy atom. The number of rotatable bonds is 6. The number of para-hydroxylation sites is 1. The lowest BCUT2D eigenvalue weighted by Crippen LogP contribution is -2.20. The van der Waals surface area contributed by atoms with E-state index in [4.69, 9.17) is 9.47 Å². The largest absolute Gasteiger partial charge is 0.493 e. The summed E-state index contributed by atoms with van der Waals surface area (Å²) >= 11 is 0. The zero-order chi connectivity index (χ0) is 14.3. The minimum Gasteiger partial charge on any atom is -0.493 e. The fourth-order valence-electron chi connectivity index (χ4n) is 1.44. The van der Waals surface area contributed by atoms with Crippen molar-refractivity contribution in [3.05, 3.63) is 29.8 Å². The second-order valence-corrected chi connectivity index (χ2v) is 4.24. The van der Waals surface area contributed by atoms with E-state index < -0.39 is 11.9 Å². The van der Waals surface area contributed by atoms with Crippen LogP contribution in [0.25, 0.3) is 0 Å². The molecule has 0 bridgehead atoms. The van der Waals surface area contributed by atoms with Gasteiger partial charge < -0.3 is 14.4 Å². The maximum absolute atomic E-state index is 11.9. The summed E-state index contributed by atoms with van der Waals surface area (Å²) in [6.07, 6.45) is 0.176. The number of hydrogen-bond acceptors (Lipinski definition) is 5. The van der Waals surface area contributed by atoms with Crippen molar-refractivity contribution in [2.45, 2.75) is 13.3 Å². The molecule has 0 saturated heterocycles. The first-order chi connectivity index (χ1) is 9.04. The monoisotopic (exact) mass is 265 g/mol. The van der Waals surface area contributed by atoms with Crippen molar-refractivity contribution in [1.82, 2.24) is 4.90 Å². The molecule has 1 rings (SSSR count). The van der Waals surface area contributed by atoms with Crippen LogP contribution in [0.3, 0.4) is 0 Å². The van der Waals surface area contributed by atoms with Gasteiger partial charge in [0.1, 0.15) is 11.3 Å². The third-order valence-corrected chi connectivity index (χ3v) is 2.38. The number of hydrogen-bond donors (Lipinski definition) is 0. The van der Waals surface area contributed by atoms with E-state index in [1.165, 1.54) is 0 Å². The SMILES string of the molecule is CCOc1ccccc1C(=O)OC(=O)CCN(C)C. The molecule has 0 radical (unpaired) electrons. The summed E-state index contributed by atoms with van der Waals surface area (Å²) < 4.78 is 10.1. The molecule has 0 unspecified atom stereocenters.